The first-order chi connectivity index (χ1) is 10.5. The van der Waals surface area contributed by atoms with Crippen molar-refractivity contribution in [2.24, 2.45) is 0 Å². The van der Waals surface area contributed by atoms with E-state index in [-0.39, 0.29) is 11.8 Å². The van der Waals surface area contributed by atoms with E-state index in [4.69, 9.17) is 0 Å². The molecule has 2 amide bonds. The SMILES string of the molecule is CCN(CC)C(=O)c1cc(C(=O)NCCCN(C)C)ccn1. The van der Waals surface area contributed by atoms with Crippen molar-refractivity contribution < 1.29 is 9.59 Å². The maximum Gasteiger partial charge on any atom is 0.272 e. The van der Waals surface area contributed by atoms with E-state index in [1.165, 1.54) is 6.20 Å². The van der Waals surface area contributed by atoms with Gasteiger partial charge in [0.2, 0.25) is 0 Å². The number of amides is 2. The highest BCUT2D eigenvalue weighted by Crippen LogP contribution is 2.06. The Hall–Kier alpha value is -1.95. The number of pyridine rings is 1. The lowest BCUT2D eigenvalue weighted by atomic mass is 10.2. The molecule has 122 valence electrons. The largest absolute Gasteiger partial charge is 0.352 e. The molecular formula is C16H26N4O2. The number of carbonyl (C=O) groups is 2. The predicted molar refractivity (Wildman–Crippen MR) is 87.0 cm³/mol. The van der Waals surface area contributed by atoms with Gasteiger partial charge in [0.05, 0.1) is 0 Å². The van der Waals surface area contributed by atoms with Crippen LogP contribution < -0.4 is 5.32 Å². The average Bonchev–Trinajstić information content (AvgIpc) is 2.52. The summed E-state index contributed by atoms with van der Waals surface area (Å²) >= 11 is 0. The quantitative estimate of drug-likeness (QED) is 0.734. The van der Waals surface area contributed by atoms with Crippen LogP contribution in [-0.4, -0.2) is 66.9 Å². The van der Waals surface area contributed by atoms with Crippen LogP contribution >= 0.6 is 0 Å². The van der Waals surface area contributed by atoms with Gasteiger partial charge in [-0.1, -0.05) is 0 Å². The molecule has 1 aromatic heterocycles. The Balaban J connectivity index is 2.67. The number of hydrogen-bond donors (Lipinski definition) is 1. The Morgan fingerprint density at radius 1 is 1.23 bits per heavy atom. The van der Waals surface area contributed by atoms with Gasteiger partial charge in [-0.25, -0.2) is 0 Å². The molecule has 1 rings (SSSR count). The van der Waals surface area contributed by atoms with Crippen molar-refractivity contribution in [3.05, 3.63) is 29.6 Å². The summed E-state index contributed by atoms with van der Waals surface area (Å²) < 4.78 is 0. The molecule has 0 aromatic carbocycles. The first-order valence-electron chi connectivity index (χ1n) is 7.67. The summed E-state index contributed by atoms with van der Waals surface area (Å²) in [6.45, 7) is 6.61. The molecule has 0 aliphatic rings. The summed E-state index contributed by atoms with van der Waals surface area (Å²) in [6, 6.07) is 3.18. The van der Waals surface area contributed by atoms with Gasteiger partial charge in [0.15, 0.2) is 0 Å². The predicted octanol–water partition coefficient (Wildman–Crippen LogP) is 1.25. The van der Waals surface area contributed by atoms with Gasteiger partial charge in [-0.05, 0) is 53.0 Å². The number of nitrogens with one attached hydrogen (secondary N) is 1. The number of aromatic nitrogens is 1. The zero-order chi connectivity index (χ0) is 16.5. The van der Waals surface area contributed by atoms with Gasteiger partial charge in [-0.15, -0.1) is 0 Å². The highest BCUT2D eigenvalue weighted by atomic mass is 16.2. The van der Waals surface area contributed by atoms with Crippen LogP contribution in [0.4, 0.5) is 0 Å². The van der Waals surface area contributed by atoms with Gasteiger partial charge < -0.3 is 15.1 Å². The van der Waals surface area contributed by atoms with Crippen LogP contribution in [0.5, 0.6) is 0 Å². The Morgan fingerprint density at radius 3 is 2.50 bits per heavy atom. The van der Waals surface area contributed by atoms with Crippen molar-refractivity contribution in [1.29, 1.82) is 0 Å². The van der Waals surface area contributed by atoms with Crippen LogP contribution in [-0.2, 0) is 0 Å². The van der Waals surface area contributed by atoms with E-state index >= 15 is 0 Å². The van der Waals surface area contributed by atoms with Crippen molar-refractivity contribution in [2.45, 2.75) is 20.3 Å². The summed E-state index contributed by atoms with van der Waals surface area (Å²) in [7, 11) is 3.99. The van der Waals surface area contributed by atoms with E-state index in [1.54, 1.807) is 17.0 Å². The molecule has 0 saturated heterocycles. The lowest BCUT2D eigenvalue weighted by Gasteiger charge is -2.18. The van der Waals surface area contributed by atoms with Gasteiger partial charge in [0.1, 0.15) is 5.69 Å². The fourth-order valence-corrected chi connectivity index (χ4v) is 2.06. The second-order valence-electron chi connectivity index (χ2n) is 5.32. The molecule has 0 unspecified atom stereocenters. The molecule has 0 radical (unpaired) electrons. The number of hydrogen-bond acceptors (Lipinski definition) is 4. The fraction of sp³-hybridized carbons (Fsp3) is 0.562. The van der Waals surface area contributed by atoms with Crippen molar-refractivity contribution >= 4 is 11.8 Å². The molecule has 0 spiro atoms. The highest BCUT2D eigenvalue weighted by molar-refractivity contribution is 5.98. The summed E-state index contributed by atoms with van der Waals surface area (Å²) in [5, 5.41) is 2.86. The summed E-state index contributed by atoms with van der Waals surface area (Å²) in [5.41, 5.74) is 0.778. The number of rotatable bonds is 8. The smallest absolute Gasteiger partial charge is 0.272 e. The molecule has 0 aliphatic heterocycles. The van der Waals surface area contributed by atoms with Gasteiger partial charge in [-0.3, -0.25) is 14.6 Å². The van der Waals surface area contributed by atoms with E-state index in [1.807, 2.05) is 27.9 Å². The molecule has 1 aromatic rings. The fourth-order valence-electron chi connectivity index (χ4n) is 2.06. The minimum absolute atomic E-state index is 0.146. The Morgan fingerprint density at radius 2 is 1.91 bits per heavy atom. The summed E-state index contributed by atoms with van der Waals surface area (Å²) in [5.74, 6) is -0.318. The van der Waals surface area contributed by atoms with Crippen LogP contribution in [0.2, 0.25) is 0 Å². The minimum atomic E-state index is -0.172. The molecule has 0 aliphatic carbocycles. The Bertz CT molecular complexity index is 499. The van der Waals surface area contributed by atoms with Crippen LogP contribution in [0.25, 0.3) is 0 Å². The Labute approximate surface area is 132 Å². The third-order valence-electron chi connectivity index (χ3n) is 3.36. The number of nitrogens with zero attached hydrogens (tertiary/aromatic N) is 3. The second-order valence-corrected chi connectivity index (χ2v) is 5.32. The van der Waals surface area contributed by atoms with Gasteiger partial charge in [0.25, 0.3) is 11.8 Å². The second kappa shape index (κ2) is 9.15. The monoisotopic (exact) mass is 306 g/mol. The highest BCUT2D eigenvalue weighted by Gasteiger charge is 2.15. The van der Waals surface area contributed by atoms with E-state index < -0.39 is 0 Å². The maximum absolute atomic E-state index is 12.2. The molecule has 22 heavy (non-hydrogen) atoms. The van der Waals surface area contributed by atoms with Crippen molar-refractivity contribution in [1.82, 2.24) is 20.1 Å². The van der Waals surface area contributed by atoms with Crippen LogP contribution in [0, 0.1) is 0 Å². The van der Waals surface area contributed by atoms with Gasteiger partial charge in [-0.2, -0.15) is 0 Å². The van der Waals surface area contributed by atoms with Gasteiger partial charge in [0, 0.05) is 31.4 Å². The van der Waals surface area contributed by atoms with Crippen molar-refractivity contribution in [3.8, 4) is 0 Å². The standard InChI is InChI=1S/C16H26N4O2/c1-5-20(6-2)16(22)14-12-13(8-10-17-14)15(21)18-9-7-11-19(3)4/h8,10,12H,5-7,9,11H2,1-4H3,(H,18,21). The third-order valence-corrected chi connectivity index (χ3v) is 3.36. The maximum atomic E-state index is 12.2. The van der Waals surface area contributed by atoms with E-state index in [2.05, 4.69) is 15.2 Å². The molecule has 6 nitrogen and oxygen atoms in total. The zero-order valence-corrected chi connectivity index (χ0v) is 13.9. The van der Waals surface area contributed by atoms with E-state index in [0.29, 0.717) is 30.9 Å². The van der Waals surface area contributed by atoms with Crippen LogP contribution in [0.15, 0.2) is 18.3 Å². The molecule has 0 fully saturated rings. The lowest BCUT2D eigenvalue weighted by Crippen LogP contribution is -2.32. The summed E-state index contributed by atoms with van der Waals surface area (Å²) in [6.07, 6.45) is 2.39. The minimum Gasteiger partial charge on any atom is -0.352 e. The molecule has 1 N–H and O–H groups in total. The molecule has 0 saturated carbocycles. The van der Waals surface area contributed by atoms with Crippen LogP contribution in [0.1, 0.15) is 41.1 Å². The van der Waals surface area contributed by atoms with Crippen molar-refractivity contribution in [3.63, 3.8) is 0 Å². The zero-order valence-electron chi connectivity index (χ0n) is 13.9. The first kappa shape index (κ1) is 18.1. The summed E-state index contributed by atoms with van der Waals surface area (Å²) in [4.78, 5) is 32.2. The molecule has 0 bridgehead atoms. The van der Waals surface area contributed by atoms with Crippen LogP contribution in [0.3, 0.4) is 0 Å². The average molecular weight is 306 g/mol. The Kier molecular flexibility index (Phi) is 7.52. The first-order valence-corrected chi connectivity index (χ1v) is 7.67. The molecule has 0 atom stereocenters. The topological polar surface area (TPSA) is 65.5 Å². The van der Waals surface area contributed by atoms with Gasteiger partial charge >= 0.3 is 0 Å². The third kappa shape index (κ3) is 5.44. The molecule has 1 heterocycles. The van der Waals surface area contributed by atoms with E-state index in [0.717, 1.165) is 13.0 Å². The normalized spacial score (nSPS) is 10.6. The lowest BCUT2D eigenvalue weighted by molar-refractivity contribution is 0.0767. The van der Waals surface area contributed by atoms with Crippen molar-refractivity contribution in [2.75, 3.05) is 40.3 Å². The molecular weight excluding hydrogens is 280 g/mol. The molecule has 6 heteroatoms. The van der Waals surface area contributed by atoms with E-state index in [9.17, 15) is 9.59 Å². The number of carbonyl (C=O) groups excluding carboxylic acids is 2.